The Bertz CT molecular complexity index is 960. The highest BCUT2D eigenvalue weighted by molar-refractivity contribution is 6.33. The molecule has 0 unspecified atom stereocenters. The summed E-state index contributed by atoms with van der Waals surface area (Å²) in [5.74, 6) is 0. The molecule has 0 saturated heterocycles. The second-order valence-corrected chi connectivity index (χ2v) is 5.48. The van der Waals surface area contributed by atoms with Gasteiger partial charge in [0, 0.05) is 10.9 Å². The van der Waals surface area contributed by atoms with Crippen molar-refractivity contribution in [1.29, 1.82) is 0 Å². The highest BCUT2D eigenvalue weighted by atomic mass is 35.5. The molecule has 2 heteroatoms. The lowest BCUT2D eigenvalue weighted by molar-refractivity contribution is 1.40. The quantitative estimate of drug-likeness (QED) is 0.437. The van der Waals surface area contributed by atoms with E-state index in [1.165, 1.54) is 10.8 Å². The third-order valence-corrected chi connectivity index (χ3v) is 3.99. The molecule has 0 aliphatic rings. The lowest BCUT2D eigenvalue weighted by Gasteiger charge is -2.07. The van der Waals surface area contributed by atoms with Crippen molar-refractivity contribution in [3.63, 3.8) is 0 Å². The van der Waals surface area contributed by atoms with Crippen molar-refractivity contribution < 1.29 is 0 Å². The first kappa shape index (κ1) is 12.4. The Morgan fingerprint density at radius 1 is 0.667 bits per heavy atom. The Balaban J connectivity index is 1.96. The van der Waals surface area contributed by atoms with Crippen molar-refractivity contribution in [2.24, 2.45) is 0 Å². The van der Waals surface area contributed by atoms with Crippen LogP contribution in [0.3, 0.4) is 0 Å². The van der Waals surface area contributed by atoms with E-state index >= 15 is 0 Å². The summed E-state index contributed by atoms with van der Waals surface area (Å²) in [7, 11) is 0. The average molecular weight is 290 g/mol. The SMILES string of the molecule is Clc1cc2ccccc2nc1-c1ccc2ccccc2c1. The maximum absolute atomic E-state index is 6.43. The molecule has 0 spiro atoms. The Hall–Kier alpha value is -2.38. The number of benzene rings is 3. The minimum absolute atomic E-state index is 0.684. The van der Waals surface area contributed by atoms with E-state index in [9.17, 15) is 0 Å². The van der Waals surface area contributed by atoms with Gasteiger partial charge < -0.3 is 0 Å². The Morgan fingerprint density at radius 2 is 1.38 bits per heavy atom. The van der Waals surface area contributed by atoms with E-state index in [2.05, 4.69) is 30.3 Å². The molecule has 0 amide bonds. The predicted octanol–water partition coefficient (Wildman–Crippen LogP) is 5.71. The number of hydrogen-bond acceptors (Lipinski definition) is 1. The number of rotatable bonds is 1. The van der Waals surface area contributed by atoms with Gasteiger partial charge in [0.05, 0.1) is 16.2 Å². The summed E-state index contributed by atoms with van der Waals surface area (Å²) in [4.78, 5) is 4.72. The normalized spacial score (nSPS) is 11.1. The van der Waals surface area contributed by atoms with E-state index in [0.717, 1.165) is 22.2 Å². The second kappa shape index (κ2) is 4.87. The third-order valence-electron chi connectivity index (χ3n) is 3.70. The van der Waals surface area contributed by atoms with Gasteiger partial charge in [-0.3, -0.25) is 0 Å². The molecule has 0 radical (unpaired) electrons. The molecule has 0 saturated carbocycles. The van der Waals surface area contributed by atoms with E-state index in [4.69, 9.17) is 16.6 Å². The molecular weight excluding hydrogens is 278 g/mol. The molecule has 4 rings (SSSR count). The zero-order valence-electron chi connectivity index (χ0n) is 11.3. The van der Waals surface area contributed by atoms with Gasteiger partial charge in [0.15, 0.2) is 0 Å². The van der Waals surface area contributed by atoms with Crippen molar-refractivity contribution in [3.05, 3.63) is 77.8 Å². The van der Waals surface area contributed by atoms with Crippen LogP contribution in [0, 0.1) is 0 Å². The average Bonchev–Trinajstić information content (AvgIpc) is 2.54. The van der Waals surface area contributed by atoms with Crippen molar-refractivity contribution in [1.82, 2.24) is 4.98 Å². The first-order valence-electron chi connectivity index (χ1n) is 6.86. The molecule has 1 nitrogen and oxygen atoms in total. The Kier molecular flexibility index (Phi) is 2.87. The Labute approximate surface area is 127 Å². The van der Waals surface area contributed by atoms with E-state index in [0.29, 0.717) is 5.02 Å². The summed E-state index contributed by atoms with van der Waals surface area (Å²) in [5.41, 5.74) is 2.84. The van der Waals surface area contributed by atoms with Crippen molar-refractivity contribution >= 4 is 33.3 Å². The van der Waals surface area contributed by atoms with Crippen LogP contribution in [0.15, 0.2) is 72.8 Å². The number of halogens is 1. The number of fused-ring (bicyclic) bond motifs is 2. The van der Waals surface area contributed by atoms with Crippen LogP contribution in [0.2, 0.25) is 5.02 Å². The second-order valence-electron chi connectivity index (χ2n) is 5.07. The molecule has 1 heterocycles. The summed E-state index contributed by atoms with van der Waals surface area (Å²) in [6, 6.07) is 24.6. The van der Waals surface area contributed by atoms with Crippen LogP contribution in [-0.2, 0) is 0 Å². The van der Waals surface area contributed by atoms with Crippen LogP contribution in [0.5, 0.6) is 0 Å². The fourth-order valence-corrected chi connectivity index (χ4v) is 2.90. The van der Waals surface area contributed by atoms with Gasteiger partial charge in [-0.1, -0.05) is 66.2 Å². The van der Waals surface area contributed by atoms with E-state index in [1.54, 1.807) is 0 Å². The lowest BCUT2D eigenvalue weighted by atomic mass is 10.0. The molecule has 0 aliphatic carbocycles. The van der Waals surface area contributed by atoms with Crippen LogP contribution < -0.4 is 0 Å². The fraction of sp³-hybridized carbons (Fsp3) is 0. The standard InChI is InChI=1S/C19H12ClN/c20-17-12-15-7-3-4-8-18(15)21-19(17)16-10-9-13-5-1-2-6-14(13)11-16/h1-12H. The van der Waals surface area contributed by atoms with Gasteiger partial charge in [-0.25, -0.2) is 4.98 Å². The van der Waals surface area contributed by atoms with Crippen molar-refractivity contribution in [2.45, 2.75) is 0 Å². The van der Waals surface area contributed by atoms with Crippen LogP contribution in [0.25, 0.3) is 32.9 Å². The van der Waals surface area contributed by atoms with Gasteiger partial charge in [-0.2, -0.15) is 0 Å². The van der Waals surface area contributed by atoms with Gasteiger partial charge in [-0.05, 0) is 29.0 Å². The summed E-state index contributed by atoms with van der Waals surface area (Å²) in [5, 5.41) is 4.16. The molecule has 0 atom stereocenters. The van der Waals surface area contributed by atoms with E-state index in [1.807, 2.05) is 42.5 Å². The molecule has 0 aliphatic heterocycles. The lowest BCUT2D eigenvalue weighted by Crippen LogP contribution is -1.87. The van der Waals surface area contributed by atoms with Gasteiger partial charge in [0.25, 0.3) is 0 Å². The maximum atomic E-state index is 6.43. The molecule has 0 N–H and O–H groups in total. The van der Waals surface area contributed by atoms with Crippen LogP contribution in [0.1, 0.15) is 0 Å². The third kappa shape index (κ3) is 2.16. The number of hydrogen-bond donors (Lipinski definition) is 0. The monoisotopic (exact) mass is 289 g/mol. The van der Waals surface area contributed by atoms with Crippen LogP contribution >= 0.6 is 11.6 Å². The molecule has 100 valence electrons. The van der Waals surface area contributed by atoms with Crippen LogP contribution in [0.4, 0.5) is 0 Å². The Morgan fingerprint density at radius 3 is 2.24 bits per heavy atom. The zero-order valence-corrected chi connectivity index (χ0v) is 12.0. The van der Waals surface area contributed by atoms with Crippen LogP contribution in [-0.4, -0.2) is 4.98 Å². The molecule has 0 bridgehead atoms. The predicted molar refractivity (Wildman–Crippen MR) is 89.7 cm³/mol. The number of para-hydroxylation sites is 1. The smallest absolute Gasteiger partial charge is 0.0896 e. The summed E-state index contributed by atoms with van der Waals surface area (Å²) < 4.78 is 0. The van der Waals surface area contributed by atoms with E-state index < -0.39 is 0 Å². The maximum Gasteiger partial charge on any atom is 0.0896 e. The first-order valence-corrected chi connectivity index (χ1v) is 7.23. The largest absolute Gasteiger partial charge is 0.246 e. The number of nitrogens with zero attached hydrogens (tertiary/aromatic N) is 1. The van der Waals surface area contributed by atoms with Gasteiger partial charge >= 0.3 is 0 Å². The number of aromatic nitrogens is 1. The molecule has 4 aromatic rings. The highest BCUT2D eigenvalue weighted by Crippen LogP contribution is 2.31. The minimum atomic E-state index is 0.684. The van der Waals surface area contributed by atoms with Gasteiger partial charge in [0.1, 0.15) is 0 Å². The highest BCUT2D eigenvalue weighted by Gasteiger charge is 2.08. The zero-order chi connectivity index (χ0) is 14.2. The van der Waals surface area contributed by atoms with E-state index in [-0.39, 0.29) is 0 Å². The molecule has 1 aromatic heterocycles. The molecular formula is C19H12ClN. The topological polar surface area (TPSA) is 12.9 Å². The van der Waals surface area contributed by atoms with Gasteiger partial charge in [-0.15, -0.1) is 0 Å². The van der Waals surface area contributed by atoms with Crippen molar-refractivity contribution in [2.75, 3.05) is 0 Å². The molecule has 21 heavy (non-hydrogen) atoms. The summed E-state index contributed by atoms with van der Waals surface area (Å²) >= 11 is 6.43. The van der Waals surface area contributed by atoms with Gasteiger partial charge in [0.2, 0.25) is 0 Å². The van der Waals surface area contributed by atoms with Crippen molar-refractivity contribution in [3.8, 4) is 11.3 Å². The summed E-state index contributed by atoms with van der Waals surface area (Å²) in [6.07, 6.45) is 0. The summed E-state index contributed by atoms with van der Waals surface area (Å²) in [6.45, 7) is 0. The molecule has 0 fully saturated rings. The first-order chi connectivity index (χ1) is 10.3. The number of pyridine rings is 1. The minimum Gasteiger partial charge on any atom is -0.246 e. The fourth-order valence-electron chi connectivity index (χ4n) is 2.63. The molecule has 3 aromatic carbocycles.